The van der Waals surface area contributed by atoms with Gasteiger partial charge in [0.15, 0.2) is 5.96 Å². The first-order chi connectivity index (χ1) is 12.2. The Morgan fingerprint density at radius 1 is 1.23 bits per heavy atom. The van der Waals surface area contributed by atoms with Crippen LogP contribution in [0.4, 0.5) is 0 Å². The van der Waals surface area contributed by atoms with Gasteiger partial charge in [0.1, 0.15) is 0 Å². The van der Waals surface area contributed by atoms with Gasteiger partial charge in [0, 0.05) is 33.3 Å². The van der Waals surface area contributed by atoms with Crippen molar-refractivity contribution in [3.8, 4) is 0 Å². The molecular formula is C19H35IN4O2. The lowest BCUT2D eigenvalue weighted by Gasteiger charge is -2.16. The first kappa shape index (κ1) is 25.1. The van der Waals surface area contributed by atoms with E-state index in [0.717, 1.165) is 50.7 Å². The Hall–Kier alpha value is -0.900. The van der Waals surface area contributed by atoms with Gasteiger partial charge in [0.25, 0.3) is 0 Å². The van der Waals surface area contributed by atoms with E-state index in [-0.39, 0.29) is 24.0 Å². The number of guanidine groups is 1. The number of hydrogen-bond acceptors (Lipinski definition) is 4. The number of aliphatic hydroxyl groups is 1. The number of nitrogens with zero attached hydrogens (tertiary/aromatic N) is 2. The Balaban J connectivity index is 0.00000625. The molecule has 0 aromatic heterocycles. The van der Waals surface area contributed by atoms with Crippen LogP contribution in [0.2, 0.25) is 0 Å². The topological polar surface area (TPSA) is 69.1 Å². The highest BCUT2D eigenvalue weighted by atomic mass is 127. The number of hydrogen-bond donors (Lipinski definition) is 3. The maximum absolute atomic E-state index is 10.2. The SMILES string of the molecule is CCNC(=NCCCN(C)CCOC)NCCC(O)c1ccccc1.I. The minimum absolute atomic E-state index is 0. The molecule has 0 aliphatic rings. The molecule has 0 saturated carbocycles. The van der Waals surface area contributed by atoms with E-state index in [1.165, 1.54) is 0 Å². The van der Waals surface area contributed by atoms with Crippen molar-refractivity contribution >= 4 is 29.9 Å². The molecule has 0 radical (unpaired) electrons. The van der Waals surface area contributed by atoms with Crippen LogP contribution in [0.3, 0.4) is 0 Å². The summed E-state index contributed by atoms with van der Waals surface area (Å²) in [5, 5.41) is 16.7. The number of nitrogens with one attached hydrogen (secondary N) is 2. The number of halogens is 1. The van der Waals surface area contributed by atoms with Gasteiger partial charge in [-0.2, -0.15) is 0 Å². The van der Waals surface area contributed by atoms with Crippen molar-refractivity contribution in [3.63, 3.8) is 0 Å². The molecule has 26 heavy (non-hydrogen) atoms. The third kappa shape index (κ3) is 11.7. The molecule has 1 rings (SSSR count). The Bertz CT molecular complexity index is 474. The van der Waals surface area contributed by atoms with E-state index in [9.17, 15) is 5.11 Å². The number of likely N-dealkylation sites (N-methyl/N-ethyl adjacent to an activating group) is 1. The standard InChI is InChI=1S/C19H34N4O2.HI/c1-4-20-19(21-12-8-14-23(2)15-16-25-3)22-13-11-18(24)17-9-6-5-7-10-17;/h5-7,9-10,18,24H,4,8,11-16H2,1-3H3,(H2,20,21,22);1H. The summed E-state index contributed by atoms with van der Waals surface area (Å²) < 4.78 is 5.07. The molecule has 0 spiro atoms. The highest BCUT2D eigenvalue weighted by molar-refractivity contribution is 14.0. The summed E-state index contributed by atoms with van der Waals surface area (Å²) in [5.74, 6) is 0.808. The number of rotatable bonds is 12. The highest BCUT2D eigenvalue weighted by Crippen LogP contribution is 2.14. The molecule has 0 fully saturated rings. The Morgan fingerprint density at radius 3 is 2.62 bits per heavy atom. The second-order valence-electron chi connectivity index (χ2n) is 6.05. The zero-order chi connectivity index (χ0) is 18.3. The fourth-order valence-corrected chi connectivity index (χ4v) is 2.40. The lowest BCUT2D eigenvalue weighted by atomic mass is 10.1. The van der Waals surface area contributed by atoms with E-state index in [2.05, 4.69) is 34.5 Å². The van der Waals surface area contributed by atoms with Crippen LogP contribution in [0, 0.1) is 0 Å². The Labute approximate surface area is 175 Å². The molecule has 1 atom stereocenters. The van der Waals surface area contributed by atoms with E-state index < -0.39 is 6.10 Å². The minimum Gasteiger partial charge on any atom is -0.388 e. The maximum atomic E-state index is 10.2. The normalized spacial score (nSPS) is 12.6. The van der Waals surface area contributed by atoms with Gasteiger partial charge in [-0.25, -0.2) is 0 Å². The average molecular weight is 478 g/mol. The van der Waals surface area contributed by atoms with Gasteiger partial charge in [-0.05, 0) is 38.9 Å². The van der Waals surface area contributed by atoms with Gasteiger partial charge in [0.2, 0.25) is 0 Å². The molecule has 1 unspecified atom stereocenters. The Morgan fingerprint density at radius 2 is 1.96 bits per heavy atom. The zero-order valence-electron chi connectivity index (χ0n) is 16.3. The van der Waals surface area contributed by atoms with E-state index in [1.807, 2.05) is 30.3 Å². The van der Waals surface area contributed by atoms with Crippen LogP contribution in [0.15, 0.2) is 35.3 Å². The number of aliphatic hydroxyl groups excluding tert-OH is 1. The zero-order valence-corrected chi connectivity index (χ0v) is 18.6. The number of benzene rings is 1. The molecule has 0 aliphatic carbocycles. The number of aliphatic imine (C=N–C) groups is 1. The van der Waals surface area contributed by atoms with Crippen LogP contribution >= 0.6 is 24.0 Å². The molecule has 0 bridgehead atoms. The van der Waals surface area contributed by atoms with Gasteiger partial charge in [-0.15, -0.1) is 24.0 Å². The van der Waals surface area contributed by atoms with Crippen molar-refractivity contribution in [3.05, 3.63) is 35.9 Å². The first-order valence-electron chi connectivity index (χ1n) is 9.10. The number of methoxy groups -OCH3 is 1. The summed E-state index contributed by atoms with van der Waals surface area (Å²) in [6.07, 6.45) is 1.20. The summed E-state index contributed by atoms with van der Waals surface area (Å²) in [5.41, 5.74) is 0.949. The van der Waals surface area contributed by atoms with Crippen LogP contribution in [0.25, 0.3) is 0 Å². The fourth-order valence-electron chi connectivity index (χ4n) is 2.40. The average Bonchev–Trinajstić information content (AvgIpc) is 2.64. The molecule has 6 nitrogen and oxygen atoms in total. The molecule has 0 amide bonds. The van der Waals surface area contributed by atoms with E-state index in [4.69, 9.17) is 4.74 Å². The summed E-state index contributed by atoms with van der Waals surface area (Å²) in [6, 6.07) is 9.74. The predicted octanol–water partition coefficient (Wildman–Crippen LogP) is 2.25. The van der Waals surface area contributed by atoms with Crippen LogP contribution in [-0.4, -0.2) is 69.5 Å². The van der Waals surface area contributed by atoms with Crippen molar-refractivity contribution in [1.29, 1.82) is 0 Å². The molecule has 3 N–H and O–H groups in total. The third-order valence-electron chi connectivity index (χ3n) is 3.88. The molecule has 0 saturated heterocycles. The van der Waals surface area contributed by atoms with Gasteiger partial charge < -0.3 is 25.4 Å². The second kappa shape index (κ2) is 16.3. The first-order valence-corrected chi connectivity index (χ1v) is 9.10. The minimum atomic E-state index is -0.453. The van der Waals surface area contributed by atoms with Crippen LogP contribution in [0.5, 0.6) is 0 Å². The van der Waals surface area contributed by atoms with E-state index in [0.29, 0.717) is 13.0 Å². The molecule has 1 aromatic carbocycles. The molecule has 0 aliphatic heterocycles. The van der Waals surface area contributed by atoms with Crippen LogP contribution < -0.4 is 10.6 Å². The highest BCUT2D eigenvalue weighted by Gasteiger charge is 2.07. The molecule has 1 aromatic rings. The monoisotopic (exact) mass is 478 g/mol. The lowest BCUT2D eigenvalue weighted by Crippen LogP contribution is -2.38. The lowest BCUT2D eigenvalue weighted by molar-refractivity contribution is 0.161. The van der Waals surface area contributed by atoms with Crippen molar-refractivity contribution in [1.82, 2.24) is 15.5 Å². The van der Waals surface area contributed by atoms with E-state index >= 15 is 0 Å². The van der Waals surface area contributed by atoms with Gasteiger partial charge in [0.05, 0.1) is 12.7 Å². The molecule has 7 heteroatoms. The van der Waals surface area contributed by atoms with Crippen LogP contribution in [-0.2, 0) is 4.74 Å². The van der Waals surface area contributed by atoms with Gasteiger partial charge >= 0.3 is 0 Å². The number of ether oxygens (including phenoxy) is 1. The fraction of sp³-hybridized carbons (Fsp3) is 0.632. The summed E-state index contributed by atoms with van der Waals surface area (Å²) >= 11 is 0. The maximum Gasteiger partial charge on any atom is 0.191 e. The van der Waals surface area contributed by atoms with Crippen molar-refractivity contribution in [2.45, 2.75) is 25.9 Å². The van der Waals surface area contributed by atoms with E-state index in [1.54, 1.807) is 7.11 Å². The quantitative estimate of drug-likeness (QED) is 0.186. The van der Waals surface area contributed by atoms with Crippen molar-refractivity contribution in [2.75, 3.05) is 53.5 Å². The molecule has 150 valence electrons. The molecular weight excluding hydrogens is 443 g/mol. The van der Waals surface area contributed by atoms with Crippen molar-refractivity contribution < 1.29 is 9.84 Å². The summed E-state index contributed by atoms with van der Waals surface area (Å²) in [7, 11) is 3.82. The van der Waals surface area contributed by atoms with Crippen molar-refractivity contribution in [2.24, 2.45) is 4.99 Å². The molecule has 0 heterocycles. The second-order valence-corrected chi connectivity index (χ2v) is 6.05. The Kier molecular flexibility index (Phi) is 15.7. The summed E-state index contributed by atoms with van der Waals surface area (Å²) in [4.78, 5) is 6.84. The third-order valence-corrected chi connectivity index (χ3v) is 3.88. The largest absolute Gasteiger partial charge is 0.388 e. The van der Waals surface area contributed by atoms with Gasteiger partial charge in [-0.3, -0.25) is 4.99 Å². The van der Waals surface area contributed by atoms with Crippen LogP contribution in [0.1, 0.15) is 31.4 Å². The predicted molar refractivity (Wildman–Crippen MR) is 119 cm³/mol. The van der Waals surface area contributed by atoms with Gasteiger partial charge in [-0.1, -0.05) is 30.3 Å². The smallest absolute Gasteiger partial charge is 0.191 e. The summed E-state index contributed by atoms with van der Waals surface area (Å²) in [6.45, 7) is 7.02.